The Balaban J connectivity index is 1.79. The monoisotopic (exact) mass is 245 g/mol. The molecule has 96 valence electrons. The maximum Gasteiger partial charge on any atom is 0.231 e. The Morgan fingerprint density at radius 3 is 2.78 bits per heavy atom. The normalized spacial score (nSPS) is 13.4. The Kier molecular flexibility index (Phi) is 3.76. The van der Waals surface area contributed by atoms with Crippen molar-refractivity contribution in [3.63, 3.8) is 0 Å². The van der Waals surface area contributed by atoms with Crippen molar-refractivity contribution in [1.29, 1.82) is 0 Å². The van der Waals surface area contributed by atoms with E-state index in [1.54, 1.807) is 0 Å². The Hall–Kier alpha value is -1.69. The fraction of sp³-hybridized carbons (Fsp3) is 0.533. The minimum atomic E-state index is -0.213. The topological polar surface area (TPSA) is 22.8 Å². The molecule has 0 atom stereocenters. The third-order valence-electron chi connectivity index (χ3n) is 3.24. The second-order valence-electron chi connectivity index (χ2n) is 5.32. The first-order valence-corrected chi connectivity index (χ1v) is 6.38. The summed E-state index contributed by atoms with van der Waals surface area (Å²) < 4.78 is 10.6. The minimum absolute atomic E-state index is 0.213. The van der Waals surface area contributed by atoms with Crippen LogP contribution in [0.25, 0.3) is 4.85 Å². The maximum absolute atomic E-state index is 7.08. The summed E-state index contributed by atoms with van der Waals surface area (Å²) in [5, 5.41) is 0. The van der Waals surface area contributed by atoms with Gasteiger partial charge in [-0.25, -0.2) is 6.57 Å². The van der Waals surface area contributed by atoms with Gasteiger partial charge in [0.05, 0.1) is 0 Å². The van der Waals surface area contributed by atoms with E-state index in [1.807, 2.05) is 19.9 Å². The van der Waals surface area contributed by atoms with E-state index in [2.05, 4.69) is 17.0 Å². The van der Waals surface area contributed by atoms with Crippen LogP contribution >= 0.6 is 0 Å². The predicted molar refractivity (Wildman–Crippen MR) is 70.8 cm³/mol. The molecule has 1 aliphatic heterocycles. The van der Waals surface area contributed by atoms with Crippen LogP contribution in [-0.4, -0.2) is 12.3 Å². The van der Waals surface area contributed by atoms with Crippen molar-refractivity contribution in [2.24, 2.45) is 0 Å². The van der Waals surface area contributed by atoms with Crippen LogP contribution < -0.4 is 9.47 Å². The molecule has 2 rings (SSSR count). The standard InChI is InChI=1S/C15H19NO2/c1-15(2,16-3)9-5-4-6-12-7-8-13-14(10-12)18-11-17-13/h7-8,10H,4-6,9,11H2,1-2H3. The minimum Gasteiger partial charge on any atom is -0.454 e. The first-order valence-electron chi connectivity index (χ1n) is 6.38. The van der Waals surface area contributed by atoms with E-state index in [4.69, 9.17) is 16.0 Å². The highest BCUT2D eigenvalue weighted by molar-refractivity contribution is 5.44. The van der Waals surface area contributed by atoms with Gasteiger partial charge in [-0.05, 0) is 37.0 Å². The molecule has 0 amide bonds. The van der Waals surface area contributed by atoms with Crippen molar-refractivity contribution in [3.05, 3.63) is 35.2 Å². The number of nitrogens with zero attached hydrogens (tertiary/aromatic N) is 1. The average Bonchev–Trinajstić information content (AvgIpc) is 2.82. The van der Waals surface area contributed by atoms with Gasteiger partial charge in [0.2, 0.25) is 12.3 Å². The summed E-state index contributed by atoms with van der Waals surface area (Å²) in [7, 11) is 0. The molecule has 1 aromatic rings. The molecule has 0 unspecified atom stereocenters. The number of unbranched alkanes of at least 4 members (excludes halogenated alkanes) is 1. The summed E-state index contributed by atoms with van der Waals surface area (Å²) >= 11 is 0. The lowest BCUT2D eigenvalue weighted by Gasteiger charge is -2.10. The fourth-order valence-corrected chi connectivity index (χ4v) is 2.04. The van der Waals surface area contributed by atoms with Crippen LogP contribution in [0.15, 0.2) is 18.2 Å². The van der Waals surface area contributed by atoms with Gasteiger partial charge in [-0.3, -0.25) is 0 Å². The third kappa shape index (κ3) is 3.16. The highest BCUT2D eigenvalue weighted by Crippen LogP contribution is 2.33. The summed E-state index contributed by atoms with van der Waals surface area (Å²) in [6.45, 7) is 11.4. The van der Waals surface area contributed by atoms with Crippen molar-refractivity contribution >= 4 is 0 Å². The van der Waals surface area contributed by atoms with Gasteiger partial charge < -0.3 is 14.3 Å². The van der Waals surface area contributed by atoms with Crippen molar-refractivity contribution in [1.82, 2.24) is 0 Å². The molecule has 0 saturated carbocycles. The molecule has 0 bridgehead atoms. The van der Waals surface area contributed by atoms with Crippen molar-refractivity contribution in [2.45, 2.75) is 45.1 Å². The molecule has 1 heterocycles. The van der Waals surface area contributed by atoms with Gasteiger partial charge in [0.15, 0.2) is 11.5 Å². The molecule has 0 aromatic heterocycles. The van der Waals surface area contributed by atoms with Gasteiger partial charge in [-0.15, -0.1) is 0 Å². The second kappa shape index (κ2) is 5.30. The number of aryl methyl sites for hydroxylation is 1. The lowest BCUT2D eigenvalue weighted by atomic mass is 9.96. The lowest BCUT2D eigenvalue weighted by molar-refractivity contribution is 0.174. The molecule has 0 fully saturated rings. The van der Waals surface area contributed by atoms with Gasteiger partial charge in [0, 0.05) is 20.3 Å². The molecule has 0 spiro atoms. The summed E-state index contributed by atoms with van der Waals surface area (Å²) in [5.41, 5.74) is 1.06. The van der Waals surface area contributed by atoms with E-state index in [1.165, 1.54) is 5.56 Å². The van der Waals surface area contributed by atoms with Gasteiger partial charge in [-0.1, -0.05) is 6.07 Å². The molecule has 0 radical (unpaired) electrons. The second-order valence-corrected chi connectivity index (χ2v) is 5.32. The molecule has 0 aliphatic carbocycles. The summed E-state index contributed by atoms with van der Waals surface area (Å²) in [5.74, 6) is 1.70. The van der Waals surface area contributed by atoms with Crippen LogP contribution in [0.3, 0.4) is 0 Å². The molecule has 3 nitrogen and oxygen atoms in total. The molecule has 1 aliphatic rings. The van der Waals surface area contributed by atoms with E-state index >= 15 is 0 Å². The molecule has 1 aromatic carbocycles. The van der Waals surface area contributed by atoms with Crippen LogP contribution in [0.1, 0.15) is 38.7 Å². The zero-order valence-corrected chi connectivity index (χ0v) is 11.0. The summed E-state index contributed by atoms with van der Waals surface area (Å²) in [6.07, 6.45) is 4.19. The quantitative estimate of drug-likeness (QED) is 0.581. The molecule has 0 saturated heterocycles. The van der Waals surface area contributed by atoms with E-state index in [9.17, 15) is 0 Å². The van der Waals surface area contributed by atoms with Crippen LogP contribution in [0.4, 0.5) is 0 Å². The van der Waals surface area contributed by atoms with Crippen molar-refractivity contribution in [3.8, 4) is 11.5 Å². The number of fused-ring (bicyclic) bond motifs is 1. The molecule has 18 heavy (non-hydrogen) atoms. The number of hydrogen-bond acceptors (Lipinski definition) is 2. The Bertz CT molecular complexity index is 460. The van der Waals surface area contributed by atoms with Crippen molar-refractivity contribution < 1.29 is 9.47 Å². The van der Waals surface area contributed by atoms with Crippen LogP contribution in [-0.2, 0) is 6.42 Å². The fourth-order valence-electron chi connectivity index (χ4n) is 2.04. The lowest BCUT2D eigenvalue weighted by Crippen LogP contribution is -2.13. The van der Waals surface area contributed by atoms with Gasteiger partial charge in [-0.2, -0.15) is 0 Å². The predicted octanol–water partition coefficient (Wildman–Crippen LogP) is 3.83. The highest BCUT2D eigenvalue weighted by Gasteiger charge is 2.21. The Morgan fingerprint density at radius 2 is 2.00 bits per heavy atom. The molecule has 0 N–H and O–H groups in total. The van der Waals surface area contributed by atoms with E-state index in [-0.39, 0.29) is 5.54 Å². The smallest absolute Gasteiger partial charge is 0.231 e. The third-order valence-corrected chi connectivity index (χ3v) is 3.24. The van der Waals surface area contributed by atoms with Crippen LogP contribution in [0.5, 0.6) is 11.5 Å². The van der Waals surface area contributed by atoms with Gasteiger partial charge >= 0.3 is 0 Å². The van der Waals surface area contributed by atoms with Crippen LogP contribution in [0, 0.1) is 6.57 Å². The van der Waals surface area contributed by atoms with E-state index in [0.717, 1.165) is 37.2 Å². The first kappa shape index (κ1) is 12.8. The number of benzene rings is 1. The molecular formula is C15H19NO2. The number of hydrogen-bond donors (Lipinski definition) is 0. The summed E-state index contributed by atoms with van der Waals surface area (Å²) in [6, 6.07) is 6.12. The Labute approximate surface area is 109 Å². The average molecular weight is 245 g/mol. The zero-order valence-electron chi connectivity index (χ0n) is 11.0. The maximum atomic E-state index is 7.08. The van der Waals surface area contributed by atoms with E-state index in [0.29, 0.717) is 6.79 Å². The molecular weight excluding hydrogens is 226 g/mol. The van der Waals surface area contributed by atoms with Crippen LogP contribution in [0.2, 0.25) is 0 Å². The van der Waals surface area contributed by atoms with Gasteiger partial charge in [0.25, 0.3) is 0 Å². The largest absolute Gasteiger partial charge is 0.454 e. The first-order chi connectivity index (χ1) is 8.61. The summed E-state index contributed by atoms with van der Waals surface area (Å²) in [4.78, 5) is 3.63. The number of rotatable bonds is 5. The zero-order chi connectivity index (χ0) is 13.0. The molecule has 3 heteroatoms. The number of ether oxygens (including phenoxy) is 2. The van der Waals surface area contributed by atoms with Gasteiger partial charge in [0.1, 0.15) is 0 Å². The van der Waals surface area contributed by atoms with E-state index < -0.39 is 0 Å². The highest BCUT2D eigenvalue weighted by atomic mass is 16.7. The Morgan fingerprint density at radius 1 is 1.22 bits per heavy atom. The SMILES string of the molecule is [C-]#[N+]C(C)(C)CCCCc1ccc2c(c1)OCO2. The van der Waals surface area contributed by atoms with Crippen molar-refractivity contribution in [2.75, 3.05) is 6.79 Å².